The van der Waals surface area contributed by atoms with E-state index in [9.17, 15) is 4.79 Å². The molecule has 0 aromatic carbocycles. The van der Waals surface area contributed by atoms with Crippen LogP contribution >= 0.6 is 23.2 Å². The summed E-state index contributed by atoms with van der Waals surface area (Å²) in [5.41, 5.74) is 0.121. The van der Waals surface area contributed by atoms with Crippen molar-refractivity contribution in [3.05, 3.63) is 16.9 Å². The summed E-state index contributed by atoms with van der Waals surface area (Å²) in [6.45, 7) is 2.57. The van der Waals surface area contributed by atoms with Gasteiger partial charge in [0.25, 0.3) is 5.24 Å². The van der Waals surface area contributed by atoms with Gasteiger partial charge < -0.3 is 0 Å². The average molecular weight is 193 g/mol. The van der Waals surface area contributed by atoms with Crippen LogP contribution in [0, 0.1) is 0 Å². The zero-order valence-corrected chi connectivity index (χ0v) is 7.35. The summed E-state index contributed by atoms with van der Waals surface area (Å²) in [7, 11) is 0. The van der Waals surface area contributed by atoms with E-state index < -0.39 is 5.24 Å². The first-order valence-electron chi connectivity index (χ1n) is 3.08. The lowest BCUT2D eigenvalue weighted by atomic mass is 10.5. The summed E-state index contributed by atoms with van der Waals surface area (Å²) in [6, 6.07) is 0. The lowest BCUT2D eigenvalue weighted by molar-refractivity contribution is 0.107. The van der Waals surface area contributed by atoms with Gasteiger partial charge in [-0.25, -0.2) is 0 Å². The molecular weight excluding hydrogens is 187 g/mol. The fraction of sp³-hybridized carbons (Fsp3) is 0.333. The van der Waals surface area contributed by atoms with Crippen molar-refractivity contribution < 1.29 is 4.79 Å². The Kier molecular flexibility index (Phi) is 2.52. The van der Waals surface area contributed by atoms with E-state index in [4.69, 9.17) is 23.2 Å². The monoisotopic (exact) mass is 192 g/mol. The quantitative estimate of drug-likeness (QED) is 0.672. The van der Waals surface area contributed by atoms with Crippen LogP contribution < -0.4 is 0 Å². The van der Waals surface area contributed by atoms with Crippen molar-refractivity contribution in [3.8, 4) is 0 Å². The Morgan fingerprint density at radius 3 is 2.73 bits per heavy atom. The molecule has 60 valence electrons. The molecule has 1 aromatic rings. The molecule has 0 N–H and O–H groups in total. The average Bonchev–Trinajstić information content (AvgIpc) is 2.30. The summed E-state index contributed by atoms with van der Waals surface area (Å²) < 4.78 is 1.55. The van der Waals surface area contributed by atoms with Crippen LogP contribution in [0.1, 0.15) is 17.4 Å². The smallest absolute Gasteiger partial charge is 0.274 e. The fourth-order valence-electron chi connectivity index (χ4n) is 0.692. The molecule has 1 aromatic heterocycles. The number of rotatable bonds is 2. The van der Waals surface area contributed by atoms with Crippen LogP contribution in [0.5, 0.6) is 0 Å². The van der Waals surface area contributed by atoms with Gasteiger partial charge in [0.1, 0.15) is 0 Å². The Bertz CT molecular complexity index is 282. The van der Waals surface area contributed by atoms with Gasteiger partial charge in [-0.2, -0.15) is 5.10 Å². The first-order chi connectivity index (χ1) is 5.15. The molecule has 0 radical (unpaired) electrons. The van der Waals surface area contributed by atoms with Crippen LogP contribution in [0.4, 0.5) is 0 Å². The van der Waals surface area contributed by atoms with Crippen LogP contribution in [0.3, 0.4) is 0 Å². The molecule has 0 unspecified atom stereocenters. The molecule has 5 heteroatoms. The summed E-state index contributed by atoms with van der Waals surface area (Å²) in [5, 5.41) is 3.51. The van der Waals surface area contributed by atoms with Gasteiger partial charge in [0, 0.05) is 12.7 Å². The number of carbonyl (C=O) groups is 1. The normalized spacial score (nSPS) is 10.1. The van der Waals surface area contributed by atoms with E-state index >= 15 is 0 Å². The maximum Gasteiger partial charge on any atom is 0.274 e. The fourth-order valence-corrected chi connectivity index (χ4v) is 1.12. The lowest BCUT2D eigenvalue weighted by Crippen LogP contribution is -1.97. The number of hydrogen-bond acceptors (Lipinski definition) is 2. The Morgan fingerprint density at radius 1 is 1.82 bits per heavy atom. The number of nitrogens with zero attached hydrogens (tertiary/aromatic N) is 2. The molecule has 0 fully saturated rings. The summed E-state index contributed by atoms with van der Waals surface area (Å²) >= 11 is 10.8. The predicted octanol–water partition coefficient (Wildman–Crippen LogP) is 1.94. The van der Waals surface area contributed by atoms with Gasteiger partial charge in [-0.3, -0.25) is 9.48 Å². The molecule has 0 saturated heterocycles. The minimum atomic E-state index is -0.623. The van der Waals surface area contributed by atoms with Crippen molar-refractivity contribution in [2.75, 3.05) is 0 Å². The van der Waals surface area contributed by atoms with Gasteiger partial charge in [0.15, 0.2) is 5.69 Å². The van der Waals surface area contributed by atoms with E-state index in [1.807, 2.05) is 6.92 Å². The second-order valence-electron chi connectivity index (χ2n) is 1.96. The van der Waals surface area contributed by atoms with E-state index in [0.29, 0.717) is 11.6 Å². The van der Waals surface area contributed by atoms with Crippen LogP contribution in [-0.4, -0.2) is 15.0 Å². The molecule has 0 spiro atoms. The van der Waals surface area contributed by atoms with E-state index in [1.165, 1.54) is 0 Å². The van der Waals surface area contributed by atoms with Crippen molar-refractivity contribution in [1.29, 1.82) is 0 Å². The van der Waals surface area contributed by atoms with Gasteiger partial charge in [-0.1, -0.05) is 11.6 Å². The number of aryl methyl sites for hydroxylation is 1. The third kappa shape index (κ3) is 1.73. The maximum atomic E-state index is 10.6. The highest BCUT2D eigenvalue weighted by Crippen LogP contribution is 2.15. The Labute approximate surface area is 73.9 Å². The maximum absolute atomic E-state index is 10.6. The van der Waals surface area contributed by atoms with Crippen LogP contribution in [0.25, 0.3) is 0 Å². The van der Waals surface area contributed by atoms with Crippen molar-refractivity contribution in [3.63, 3.8) is 0 Å². The van der Waals surface area contributed by atoms with Crippen molar-refractivity contribution in [2.45, 2.75) is 13.5 Å². The van der Waals surface area contributed by atoms with Crippen LogP contribution in [0.2, 0.25) is 5.02 Å². The zero-order chi connectivity index (χ0) is 8.43. The number of aromatic nitrogens is 2. The molecule has 3 nitrogen and oxygen atoms in total. The van der Waals surface area contributed by atoms with Gasteiger partial charge in [-0.15, -0.1) is 0 Å². The van der Waals surface area contributed by atoms with Crippen molar-refractivity contribution in [1.82, 2.24) is 9.78 Å². The van der Waals surface area contributed by atoms with Crippen LogP contribution in [-0.2, 0) is 6.54 Å². The molecule has 0 bridgehead atoms. The number of carbonyl (C=O) groups excluding carboxylic acids is 1. The van der Waals surface area contributed by atoms with Gasteiger partial charge in [0.05, 0.1) is 5.02 Å². The highest BCUT2D eigenvalue weighted by molar-refractivity contribution is 6.68. The Morgan fingerprint density at radius 2 is 2.45 bits per heavy atom. The summed E-state index contributed by atoms with van der Waals surface area (Å²) in [6.07, 6.45) is 1.57. The first-order valence-corrected chi connectivity index (χ1v) is 3.83. The Hall–Kier alpha value is -0.540. The topological polar surface area (TPSA) is 34.9 Å². The lowest BCUT2D eigenvalue weighted by Gasteiger charge is -1.89. The third-order valence-corrected chi connectivity index (χ3v) is 1.68. The summed E-state index contributed by atoms with van der Waals surface area (Å²) in [4.78, 5) is 10.6. The molecular formula is C6H6Cl2N2O. The van der Waals surface area contributed by atoms with Gasteiger partial charge in [0.2, 0.25) is 0 Å². The minimum absolute atomic E-state index is 0.121. The molecule has 0 atom stereocenters. The number of hydrogen-bond donors (Lipinski definition) is 0. The largest absolute Gasteiger partial charge is 0.274 e. The van der Waals surface area contributed by atoms with E-state index in [-0.39, 0.29) is 5.69 Å². The van der Waals surface area contributed by atoms with Gasteiger partial charge in [-0.05, 0) is 18.5 Å². The second kappa shape index (κ2) is 3.24. The summed E-state index contributed by atoms with van der Waals surface area (Å²) in [5.74, 6) is 0. The third-order valence-electron chi connectivity index (χ3n) is 1.23. The molecule has 0 saturated carbocycles. The van der Waals surface area contributed by atoms with E-state index in [2.05, 4.69) is 5.10 Å². The van der Waals surface area contributed by atoms with Crippen molar-refractivity contribution in [2.24, 2.45) is 0 Å². The predicted molar refractivity (Wildman–Crippen MR) is 43.1 cm³/mol. The molecule has 0 aliphatic rings. The Balaban J connectivity index is 3.07. The molecule has 1 heterocycles. The van der Waals surface area contributed by atoms with E-state index in [1.54, 1.807) is 10.9 Å². The van der Waals surface area contributed by atoms with Crippen LogP contribution in [0.15, 0.2) is 6.20 Å². The number of halogens is 2. The van der Waals surface area contributed by atoms with Gasteiger partial charge >= 0.3 is 0 Å². The molecule has 0 amide bonds. The molecule has 0 aliphatic heterocycles. The van der Waals surface area contributed by atoms with Crippen molar-refractivity contribution >= 4 is 28.4 Å². The minimum Gasteiger partial charge on any atom is -0.274 e. The van der Waals surface area contributed by atoms with E-state index in [0.717, 1.165) is 0 Å². The second-order valence-corrected chi connectivity index (χ2v) is 2.71. The highest BCUT2D eigenvalue weighted by atomic mass is 35.5. The molecule has 11 heavy (non-hydrogen) atoms. The highest BCUT2D eigenvalue weighted by Gasteiger charge is 2.11. The standard InChI is InChI=1S/C6H6Cl2N2O/c1-2-10-3-4(7)5(9-10)6(8)11/h3H,2H2,1H3. The zero-order valence-electron chi connectivity index (χ0n) is 5.84. The SMILES string of the molecule is CCn1cc(Cl)c(C(=O)Cl)n1. The molecule has 1 rings (SSSR count). The molecule has 0 aliphatic carbocycles. The first kappa shape index (κ1) is 8.56.